The molecule has 0 aromatic carbocycles. The quantitative estimate of drug-likeness (QED) is 0.872. The molecule has 1 aromatic heterocycles. The Labute approximate surface area is 101 Å². The summed E-state index contributed by atoms with van der Waals surface area (Å²) in [6.45, 7) is 7.42. The third kappa shape index (κ3) is 2.75. The third-order valence-corrected chi connectivity index (χ3v) is 3.18. The summed E-state index contributed by atoms with van der Waals surface area (Å²) in [4.78, 5) is 22.7. The molecule has 1 aromatic rings. The largest absolute Gasteiger partial charge is 0.480 e. The monoisotopic (exact) mass is 237 g/mol. The highest BCUT2D eigenvalue weighted by Crippen LogP contribution is 2.24. The molecule has 0 fully saturated rings. The van der Waals surface area contributed by atoms with Crippen LogP contribution in [0.5, 0.6) is 0 Å². The average molecular weight is 237 g/mol. The summed E-state index contributed by atoms with van der Waals surface area (Å²) in [6, 6.07) is 2.34. The minimum atomic E-state index is -0.853. The molecule has 0 amide bonds. The molecule has 0 aliphatic rings. The SMILES string of the molecule is CCC(C)C(C(=O)O)n1c(C)cc(=O)cc1C. The number of nitrogens with zero attached hydrogens (tertiary/aromatic N) is 1. The molecule has 0 saturated heterocycles. The first kappa shape index (κ1) is 13.5. The van der Waals surface area contributed by atoms with Crippen molar-refractivity contribution < 1.29 is 9.90 Å². The van der Waals surface area contributed by atoms with E-state index in [1.165, 1.54) is 12.1 Å². The number of hydrogen-bond acceptors (Lipinski definition) is 2. The Morgan fingerprint density at radius 2 is 1.82 bits per heavy atom. The van der Waals surface area contributed by atoms with Crippen molar-refractivity contribution in [2.45, 2.75) is 40.2 Å². The maximum Gasteiger partial charge on any atom is 0.326 e. The van der Waals surface area contributed by atoms with Gasteiger partial charge < -0.3 is 9.67 Å². The molecule has 0 radical (unpaired) electrons. The Balaban J connectivity index is 3.38. The topological polar surface area (TPSA) is 59.3 Å². The van der Waals surface area contributed by atoms with E-state index in [-0.39, 0.29) is 11.3 Å². The number of aryl methyl sites for hydroxylation is 2. The molecule has 1 rings (SSSR count). The number of carbonyl (C=O) groups is 1. The molecule has 1 heterocycles. The van der Waals surface area contributed by atoms with Crippen molar-refractivity contribution in [1.82, 2.24) is 4.57 Å². The zero-order valence-electron chi connectivity index (χ0n) is 10.7. The normalized spacial score (nSPS) is 14.4. The summed E-state index contributed by atoms with van der Waals surface area (Å²) in [6.07, 6.45) is 0.780. The van der Waals surface area contributed by atoms with Gasteiger partial charge in [-0.15, -0.1) is 0 Å². The van der Waals surface area contributed by atoms with Crippen LogP contribution in [-0.4, -0.2) is 15.6 Å². The second-order valence-corrected chi connectivity index (χ2v) is 4.51. The van der Waals surface area contributed by atoms with E-state index in [1.807, 2.05) is 13.8 Å². The lowest BCUT2D eigenvalue weighted by molar-refractivity contribution is -0.142. The third-order valence-electron chi connectivity index (χ3n) is 3.18. The zero-order valence-corrected chi connectivity index (χ0v) is 10.7. The van der Waals surface area contributed by atoms with Gasteiger partial charge >= 0.3 is 5.97 Å². The van der Waals surface area contributed by atoms with E-state index in [4.69, 9.17) is 0 Å². The van der Waals surface area contributed by atoms with Gasteiger partial charge in [0.15, 0.2) is 5.43 Å². The van der Waals surface area contributed by atoms with E-state index in [9.17, 15) is 14.7 Å². The van der Waals surface area contributed by atoms with Crippen molar-refractivity contribution in [3.8, 4) is 0 Å². The fraction of sp³-hybridized carbons (Fsp3) is 0.538. The fourth-order valence-corrected chi connectivity index (χ4v) is 2.14. The van der Waals surface area contributed by atoms with Crippen LogP contribution in [0.2, 0.25) is 0 Å². The summed E-state index contributed by atoms with van der Waals surface area (Å²) >= 11 is 0. The van der Waals surface area contributed by atoms with Gasteiger partial charge in [-0.1, -0.05) is 20.3 Å². The van der Waals surface area contributed by atoms with Crippen LogP contribution >= 0.6 is 0 Å². The number of rotatable bonds is 4. The average Bonchev–Trinajstić information content (AvgIpc) is 2.21. The minimum absolute atomic E-state index is 0.0207. The Bertz CT molecular complexity index is 450. The summed E-state index contributed by atoms with van der Waals surface area (Å²) in [5, 5.41) is 9.35. The second kappa shape index (κ2) is 5.17. The molecule has 94 valence electrons. The number of hydrogen-bond donors (Lipinski definition) is 1. The molecule has 17 heavy (non-hydrogen) atoms. The molecular formula is C13H19NO3. The number of carboxylic acids is 1. The van der Waals surface area contributed by atoms with Crippen molar-refractivity contribution >= 4 is 5.97 Å². The van der Waals surface area contributed by atoms with Crippen LogP contribution in [0, 0.1) is 19.8 Å². The lowest BCUT2D eigenvalue weighted by atomic mass is 9.98. The highest BCUT2D eigenvalue weighted by atomic mass is 16.4. The fourth-order valence-electron chi connectivity index (χ4n) is 2.14. The van der Waals surface area contributed by atoms with Crippen LogP contribution in [0.3, 0.4) is 0 Å². The summed E-state index contributed by atoms with van der Waals surface area (Å²) in [5.41, 5.74) is 1.31. The number of carboxylic acid groups (broad SMARTS) is 1. The molecule has 0 bridgehead atoms. The van der Waals surface area contributed by atoms with Gasteiger partial charge in [-0.2, -0.15) is 0 Å². The van der Waals surface area contributed by atoms with Gasteiger partial charge in [-0.25, -0.2) is 4.79 Å². The number of aliphatic carboxylic acids is 1. The van der Waals surface area contributed by atoms with E-state index < -0.39 is 12.0 Å². The first-order chi connectivity index (χ1) is 7.88. The second-order valence-electron chi connectivity index (χ2n) is 4.51. The molecule has 0 aliphatic carbocycles. The number of pyridine rings is 1. The highest BCUT2D eigenvalue weighted by Gasteiger charge is 2.26. The van der Waals surface area contributed by atoms with Crippen LogP contribution in [0.15, 0.2) is 16.9 Å². The molecular weight excluding hydrogens is 218 g/mol. The van der Waals surface area contributed by atoms with Crippen LogP contribution in [0.4, 0.5) is 0 Å². The van der Waals surface area contributed by atoms with Gasteiger partial charge in [0.25, 0.3) is 0 Å². The molecule has 2 atom stereocenters. The smallest absolute Gasteiger partial charge is 0.326 e. The van der Waals surface area contributed by atoms with Crippen LogP contribution in [-0.2, 0) is 4.79 Å². The van der Waals surface area contributed by atoms with Gasteiger partial charge in [0.05, 0.1) is 0 Å². The molecule has 0 spiro atoms. The summed E-state index contributed by atoms with van der Waals surface area (Å²) in [7, 11) is 0. The van der Waals surface area contributed by atoms with Gasteiger partial charge in [-0.3, -0.25) is 4.79 Å². The molecule has 4 heteroatoms. The molecule has 2 unspecified atom stereocenters. The van der Waals surface area contributed by atoms with E-state index in [2.05, 4.69) is 0 Å². The zero-order chi connectivity index (χ0) is 13.2. The maximum atomic E-state index is 11.4. The van der Waals surface area contributed by atoms with E-state index >= 15 is 0 Å². The molecule has 0 aliphatic heterocycles. The standard InChI is InChI=1S/C13H19NO3/c1-5-8(2)12(13(16)17)14-9(3)6-11(15)7-10(14)4/h6-8,12H,5H2,1-4H3,(H,16,17). The van der Waals surface area contributed by atoms with Crippen LogP contribution in [0.25, 0.3) is 0 Å². The minimum Gasteiger partial charge on any atom is -0.480 e. The number of aromatic nitrogens is 1. The highest BCUT2D eigenvalue weighted by molar-refractivity contribution is 5.72. The van der Waals surface area contributed by atoms with Crippen molar-refractivity contribution in [3.63, 3.8) is 0 Å². The van der Waals surface area contributed by atoms with Crippen LogP contribution in [0.1, 0.15) is 37.7 Å². The Hall–Kier alpha value is -1.58. The first-order valence-corrected chi connectivity index (χ1v) is 5.81. The van der Waals surface area contributed by atoms with Crippen molar-refractivity contribution in [2.75, 3.05) is 0 Å². The Morgan fingerprint density at radius 3 is 2.18 bits per heavy atom. The summed E-state index contributed by atoms with van der Waals surface area (Å²) < 4.78 is 1.73. The van der Waals surface area contributed by atoms with Gasteiger partial charge in [0.2, 0.25) is 0 Å². The Morgan fingerprint density at radius 1 is 1.35 bits per heavy atom. The van der Waals surface area contributed by atoms with E-state index in [0.29, 0.717) is 11.4 Å². The van der Waals surface area contributed by atoms with Crippen molar-refractivity contribution in [2.24, 2.45) is 5.92 Å². The lowest BCUT2D eigenvalue weighted by Crippen LogP contribution is -2.29. The predicted octanol–water partition coefficient (Wildman–Crippen LogP) is 2.14. The van der Waals surface area contributed by atoms with Gasteiger partial charge in [0.1, 0.15) is 6.04 Å². The predicted molar refractivity (Wildman–Crippen MR) is 66.3 cm³/mol. The summed E-state index contributed by atoms with van der Waals surface area (Å²) in [5.74, 6) is -0.832. The first-order valence-electron chi connectivity index (χ1n) is 5.81. The van der Waals surface area contributed by atoms with E-state index in [1.54, 1.807) is 18.4 Å². The Kier molecular flexibility index (Phi) is 4.10. The molecule has 1 N–H and O–H groups in total. The van der Waals surface area contributed by atoms with Gasteiger partial charge in [0, 0.05) is 23.5 Å². The van der Waals surface area contributed by atoms with Crippen LogP contribution < -0.4 is 5.43 Å². The maximum absolute atomic E-state index is 11.4. The van der Waals surface area contributed by atoms with E-state index in [0.717, 1.165) is 6.42 Å². The van der Waals surface area contributed by atoms with Gasteiger partial charge in [-0.05, 0) is 19.8 Å². The lowest BCUT2D eigenvalue weighted by Gasteiger charge is -2.26. The van der Waals surface area contributed by atoms with Crippen molar-refractivity contribution in [3.05, 3.63) is 33.7 Å². The molecule has 0 saturated carbocycles. The van der Waals surface area contributed by atoms with Crippen molar-refractivity contribution in [1.29, 1.82) is 0 Å². The molecule has 4 nitrogen and oxygen atoms in total.